The van der Waals surface area contributed by atoms with Crippen LogP contribution in [0.4, 0.5) is 0 Å². The fourth-order valence-corrected chi connectivity index (χ4v) is 3.75. The number of nitrogens with zero attached hydrogens (tertiary/aromatic N) is 2. The van der Waals surface area contributed by atoms with Gasteiger partial charge in [-0.25, -0.2) is 0 Å². The molecule has 1 aromatic heterocycles. The normalized spacial score (nSPS) is 23.0. The third-order valence-electron chi connectivity index (χ3n) is 5.46. The number of ether oxygens (including phenoxy) is 1. The van der Waals surface area contributed by atoms with E-state index in [1.807, 2.05) is 11.0 Å². The van der Waals surface area contributed by atoms with Gasteiger partial charge in [-0.15, -0.1) is 0 Å². The summed E-state index contributed by atoms with van der Waals surface area (Å²) in [7, 11) is 0. The Kier molecular flexibility index (Phi) is 5.30. The molecule has 2 aliphatic rings. The maximum Gasteiger partial charge on any atom is 0.253 e. The number of hydrogen-bond acceptors (Lipinski definition) is 3. The summed E-state index contributed by atoms with van der Waals surface area (Å²) >= 11 is 0. The van der Waals surface area contributed by atoms with Crippen LogP contribution in [0.5, 0.6) is 0 Å². The predicted octanol–water partition coefficient (Wildman–Crippen LogP) is 3.58. The quantitative estimate of drug-likeness (QED) is 0.800. The predicted molar refractivity (Wildman–Crippen MR) is 101 cm³/mol. The monoisotopic (exact) mass is 350 g/mol. The summed E-state index contributed by atoms with van der Waals surface area (Å²) in [5.74, 6) is 1.21. The molecule has 0 N–H and O–H groups in total. The topological polar surface area (TPSA) is 42.4 Å². The lowest BCUT2D eigenvalue weighted by atomic mass is 9.88. The molecule has 0 radical (unpaired) electrons. The maximum absolute atomic E-state index is 12.8. The first-order valence-corrected chi connectivity index (χ1v) is 9.64. The van der Waals surface area contributed by atoms with Gasteiger partial charge >= 0.3 is 0 Å². The fourth-order valence-electron chi connectivity index (χ4n) is 3.75. The molecule has 4 heteroatoms. The van der Waals surface area contributed by atoms with Crippen LogP contribution >= 0.6 is 0 Å². The molecule has 2 aromatic rings. The smallest absolute Gasteiger partial charge is 0.253 e. The molecule has 4 rings (SSSR count). The van der Waals surface area contributed by atoms with Gasteiger partial charge in [-0.3, -0.25) is 9.78 Å². The van der Waals surface area contributed by atoms with E-state index < -0.39 is 0 Å². The molecular weight excluding hydrogens is 324 g/mol. The van der Waals surface area contributed by atoms with Gasteiger partial charge in [0.15, 0.2) is 0 Å². The highest BCUT2D eigenvalue weighted by molar-refractivity contribution is 5.94. The van der Waals surface area contributed by atoms with E-state index in [1.165, 1.54) is 18.4 Å². The van der Waals surface area contributed by atoms with Crippen molar-refractivity contribution < 1.29 is 9.53 Å². The molecule has 1 aliphatic carbocycles. The number of amides is 1. The number of piperidine rings is 1. The molecule has 136 valence electrons. The zero-order valence-corrected chi connectivity index (χ0v) is 15.1. The molecule has 2 fully saturated rings. The van der Waals surface area contributed by atoms with Gasteiger partial charge in [0.1, 0.15) is 0 Å². The molecule has 1 aliphatic heterocycles. The highest BCUT2D eigenvalue weighted by Crippen LogP contribution is 2.32. The number of carbonyl (C=O) groups is 1. The van der Waals surface area contributed by atoms with Gasteiger partial charge in [0.05, 0.1) is 6.10 Å². The van der Waals surface area contributed by atoms with Crippen LogP contribution in [0.3, 0.4) is 0 Å². The third kappa shape index (κ3) is 4.31. The zero-order chi connectivity index (χ0) is 17.8. The van der Waals surface area contributed by atoms with Gasteiger partial charge in [-0.2, -0.15) is 0 Å². The SMILES string of the molecule is O=C(c1ccncc1)N1CC[C@@H](OCC2CC2)[C@@H](Cc2ccccc2)C1. The van der Waals surface area contributed by atoms with E-state index >= 15 is 0 Å². The average molecular weight is 350 g/mol. The molecule has 0 spiro atoms. The van der Waals surface area contributed by atoms with E-state index in [1.54, 1.807) is 24.5 Å². The number of benzene rings is 1. The summed E-state index contributed by atoms with van der Waals surface area (Å²) in [5, 5.41) is 0. The van der Waals surface area contributed by atoms with E-state index in [0.717, 1.165) is 44.0 Å². The van der Waals surface area contributed by atoms with Crippen molar-refractivity contribution in [2.75, 3.05) is 19.7 Å². The second-order valence-electron chi connectivity index (χ2n) is 7.54. The van der Waals surface area contributed by atoms with Crippen molar-refractivity contribution in [1.29, 1.82) is 0 Å². The molecule has 1 saturated carbocycles. The Labute approximate surface area is 155 Å². The molecule has 1 aromatic carbocycles. The van der Waals surface area contributed by atoms with Crippen LogP contribution in [0.25, 0.3) is 0 Å². The first kappa shape index (κ1) is 17.2. The van der Waals surface area contributed by atoms with Crippen LogP contribution in [0.2, 0.25) is 0 Å². The number of rotatable bonds is 6. The van der Waals surface area contributed by atoms with Crippen molar-refractivity contribution >= 4 is 5.91 Å². The zero-order valence-electron chi connectivity index (χ0n) is 15.1. The average Bonchev–Trinajstić information content (AvgIpc) is 3.52. The number of aromatic nitrogens is 1. The van der Waals surface area contributed by atoms with E-state index in [9.17, 15) is 4.79 Å². The Morgan fingerprint density at radius 3 is 2.58 bits per heavy atom. The maximum atomic E-state index is 12.8. The van der Waals surface area contributed by atoms with Crippen molar-refractivity contribution in [3.05, 3.63) is 66.0 Å². The number of hydrogen-bond donors (Lipinski definition) is 0. The highest BCUT2D eigenvalue weighted by atomic mass is 16.5. The van der Waals surface area contributed by atoms with E-state index in [0.29, 0.717) is 5.92 Å². The first-order chi connectivity index (χ1) is 12.8. The standard InChI is InChI=1S/C22H26N2O2/c25-22(19-8-11-23-12-9-19)24-13-10-21(26-16-18-6-7-18)20(15-24)14-17-4-2-1-3-5-17/h1-5,8-9,11-12,18,20-21H,6-7,10,13-16H2/t20-,21+/m0/s1. The summed E-state index contributed by atoms with van der Waals surface area (Å²) in [6.07, 6.45) is 8.10. The molecule has 1 amide bonds. The molecule has 26 heavy (non-hydrogen) atoms. The molecule has 2 atom stereocenters. The largest absolute Gasteiger partial charge is 0.377 e. The third-order valence-corrected chi connectivity index (χ3v) is 5.46. The van der Waals surface area contributed by atoms with E-state index in [2.05, 4.69) is 29.2 Å². The van der Waals surface area contributed by atoms with Crippen LogP contribution in [-0.2, 0) is 11.2 Å². The molecule has 1 saturated heterocycles. The summed E-state index contributed by atoms with van der Waals surface area (Å²) in [4.78, 5) is 18.8. The Hall–Kier alpha value is -2.20. The molecule has 4 nitrogen and oxygen atoms in total. The van der Waals surface area contributed by atoms with Crippen LogP contribution < -0.4 is 0 Å². The van der Waals surface area contributed by atoms with Crippen molar-refractivity contribution in [2.24, 2.45) is 11.8 Å². The van der Waals surface area contributed by atoms with Gasteiger partial charge in [0, 0.05) is 43.6 Å². The van der Waals surface area contributed by atoms with Crippen LogP contribution in [0.15, 0.2) is 54.9 Å². The van der Waals surface area contributed by atoms with E-state index in [4.69, 9.17) is 4.74 Å². The lowest BCUT2D eigenvalue weighted by molar-refractivity contribution is -0.0326. The molecular formula is C22H26N2O2. The fraction of sp³-hybridized carbons (Fsp3) is 0.455. The Bertz CT molecular complexity index is 715. The number of pyridine rings is 1. The van der Waals surface area contributed by atoms with Crippen molar-refractivity contribution in [3.63, 3.8) is 0 Å². The summed E-state index contributed by atoms with van der Waals surface area (Å²) in [6.45, 7) is 2.40. The Balaban J connectivity index is 1.45. The van der Waals surface area contributed by atoms with Gasteiger partial charge in [-0.05, 0) is 49.3 Å². The van der Waals surface area contributed by atoms with Crippen molar-refractivity contribution in [2.45, 2.75) is 31.8 Å². The lowest BCUT2D eigenvalue weighted by Crippen LogP contribution is -2.47. The van der Waals surface area contributed by atoms with Gasteiger partial charge < -0.3 is 9.64 Å². The second kappa shape index (κ2) is 8.00. The summed E-state index contributed by atoms with van der Waals surface area (Å²) in [6, 6.07) is 14.1. The Morgan fingerprint density at radius 1 is 1.08 bits per heavy atom. The van der Waals surface area contributed by atoms with Gasteiger partial charge in [-0.1, -0.05) is 30.3 Å². The highest BCUT2D eigenvalue weighted by Gasteiger charge is 2.34. The molecule has 0 bridgehead atoms. The van der Waals surface area contributed by atoms with E-state index in [-0.39, 0.29) is 12.0 Å². The van der Waals surface area contributed by atoms with Crippen LogP contribution in [-0.4, -0.2) is 41.6 Å². The summed E-state index contributed by atoms with van der Waals surface area (Å²) < 4.78 is 6.28. The van der Waals surface area contributed by atoms with Gasteiger partial charge in [0.2, 0.25) is 0 Å². The van der Waals surface area contributed by atoms with Gasteiger partial charge in [0.25, 0.3) is 5.91 Å². The number of likely N-dealkylation sites (tertiary alicyclic amines) is 1. The summed E-state index contributed by atoms with van der Waals surface area (Å²) in [5.41, 5.74) is 2.03. The Morgan fingerprint density at radius 2 is 1.85 bits per heavy atom. The van der Waals surface area contributed by atoms with Crippen molar-refractivity contribution in [3.8, 4) is 0 Å². The van der Waals surface area contributed by atoms with Crippen LogP contribution in [0.1, 0.15) is 35.2 Å². The lowest BCUT2D eigenvalue weighted by Gasteiger charge is -2.38. The first-order valence-electron chi connectivity index (χ1n) is 9.64. The number of carbonyl (C=O) groups excluding carboxylic acids is 1. The minimum absolute atomic E-state index is 0.103. The van der Waals surface area contributed by atoms with Crippen LogP contribution in [0, 0.1) is 11.8 Å². The minimum atomic E-state index is 0.103. The molecule has 0 unspecified atom stereocenters. The minimum Gasteiger partial charge on any atom is -0.377 e. The van der Waals surface area contributed by atoms with Crippen molar-refractivity contribution in [1.82, 2.24) is 9.88 Å². The molecule has 2 heterocycles. The second-order valence-corrected chi connectivity index (χ2v) is 7.54.